The topological polar surface area (TPSA) is 40.1 Å². The van der Waals surface area contributed by atoms with Crippen molar-refractivity contribution in [1.82, 2.24) is 15.1 Å². The number of rotatable bonds is 4. The summed E-state index contributed by atoms with van der Waals surface area (Å²) in [6, 6.07) is 4.41. The highest BCUT2D eigenvalue weighted by atomic mass is 32.1. The SMILES string of the molecule is CN=C(NCC1CCN(Cc2cccs2)CC1)N1CCC2(CCOC2)C1. The largest absolute Gasteiger partial charge is 0.381 e. The van der Waals surface area contributed by atoms with Gasteiger partial charge in [0.15, 0.2) is 5.96 Å². The van der Waals surface area contributed by atoms with Crippen LogP contribution in [0.25, 0.3) is 0 Å². The molecule has 1 N–H and O–H groups in total. The fraction of sp³-hybridized carbons (Fsp3) is 0.750. The summed E-state index contributed by atoms with van der Waals surface area (Å²) in [6.45, 7) is 8.69. The van der Waals surface area contributed by atoms with Crippen LogP contribution < -0.4 is 5.32 Å². The van der Waals surface area contributed by atoms with E-state index in [0.717, 1.165) is 51.3 Å². The molecule has 26 heavy (non-hydrogen) atoms. The van der Waals surface area contributed by atoms with Crippen molar-refractivity contribution >= 4 is 17.3 Å². The summed E-state index contributed by atoms with van der Waals surface area (Å²) >= 11 is 1.87. The van der Waals surface area contributed by atoms with Gasteiger partial charge in [-0.3, -0.25) is 9.89 Å². The first-order chi connectivity index (χ1) is 12.8. The molecule has 6 heteroatoms. The Labute approximate surface area is 161 Å². The maximum Gasteiger partial charge on any atom is 0.193 e. The Morgan fingerprint density at radius 1 is 1.35 bits per heavy atom. The summed E-state index contributed by atoms with van der Waals surface area (Å²) in [6.07, 6.45) is 5.03. The van der Waals surface area contributed by atoms with Crippen molar-refractivity contribution in [1.29, 1.82) is 0 Å². The van der Waals surface area contributed by atoms with E-state index < -0.39 is 0 Å². The molecule has 1 aromatic heterocycles. The van der Waals surface area contributed by atoms with Gasteiger partial charge in [-0.25, -0.2) is 0 Å². The van der Waals surface area contributed by atoms with Gasteiger partial charge in [0.05, 0.1) is 6.61 Å². The predicted octanol–water partition coefficient (Wildman–Crippen LogP) is 2.65. The Hall–Kier alpha value is -1.11. The van der Waals surface area contributed by atoms with Gasteiger partial charge < -0.3 is 15.0 Å². The van der Waals surface area contributed by atoms with Gasteiger partial charge >= 0.3 is 0 Å². The monoisotopic (exact) mass is 376 g/mol. The van der Waals surface area contributed by atoms with Crippen LogP contribution in [0.3, 0.4) is 0 Å². The quantitative estimate of drug-likeness (QED) is 0.648. The number of likely N-dealkylation sites (tertiary alicyclic amines) is 2. The number of guanidine groups is 1. The lowest BCUT2D eigenvalue weighted by Crippen LogP contribution is -2.44. The van der Waals surface area contributed by atoms with E-state index in [9.17, 15) is 0 Å². The minimum atomic E-state index is 0.394. The molecule has 3 saturated heterocycles. The van der Waals surface area contributed by atoms with Gasteiger partial charge in [0.1, 0.15) is 0 Å². The van der Waals surface area contributed by atoms with Crippen molar-refractivity contribution < 1.29 is 4.74 Å². The molecule has 1 unspecified atom stereocenters. The number of hydrogen-bond donors (Lipinski definition) is 1. The van der Waals surface area contributed by atoms with Crippen LogP contribution in [0.15, 0.2) is 22.5 Å². The molecular weight excluding hydrogens is 344 g/mol. The first-order valence-corrected chi connectivity index (χ1v) is 10.9. The van der Waals surface area contributed by atoms with E-state index in [0.29, 0.717) is 5.41 Å². The standard InChI is InChI=1S/C20H32N4OS/c1-21-19(24-10-6-20(15-24)7-11-25-16-20)22-13-17-4-8-23(9-5-17)14-18-3-2-12-26-18/h2-3,12,17H,4-11,13-16H2,1H3,(H,21,22). The third-order valence-electron chi connectivity index (χ3n) is 6.35. The summed E-state index contributed by atoms with van der Waals surface area (Å²) < 4.78 is 5.66. The second-order valence-corrected chi connectivity index (χ2v) is 9.23. The van der Waals surface area contributed by atoms with Gasteiger partial charge in [-0.15, -0.1) is 11.3 Å². The summed E-state index contributed by atoms with van der Waals surface area (Å²) in [5.41, 5.74) is 0.394. The molecule has 0 bridgehead atoms. The van der Waals surface area contributed by atoms with E-state index in [4.69, 9.17) is 4.74 Å². The molecule has 0 radical (unpaired) electrons. The van der Waals surface area contributed by atoms with Crippen LogP contribution in [0.1, 0.15) is 30.6 Å². The second kappa shape index (κ2) is 8.28. The van der Waals surface area contributed by atoms with Gasteiger partial charge in [-0.05, 0) is 56.1 Å². The molecule has 4 rings (SSSR count). The molecule has 5 nitrogen and oxygen atoms in total. The fourth-order valence-electron chi connectivity index (χ4n) is 4.63. The van der Waals surface area contributed by atoms with E-state index in [2.05, 4.69) is 37.6 Å². The molecular formula is C20H32N4OS. The maximum atomic E-state index is 5.66. The normalized spacial score (nSPS) is 28.3. The van der Waals surface area contributed by atoms with Crippen molar-refractivity contribution in [3.8, 4) is 0 Å². The minimum Gasteiger partial charge on any atom is -0.381 e. The molecule has 0 aromatic carbocycles. The van der Waals surface area contributed by atoms with Crippen molar-refractivity contribution in [2.75, 3.05) is 53.0 Å². The van der Waals surface area contributed by atoms with Gasteiger partial charge in [0.25, 0.3) is 0 Å². The van der Waals surface area contributed by atoms with Crippen molar-refractivity contribution in [3.05, 3.63) is 22.4 Å². The molecule has 3 fully saturated rings. The van der Waals surface area contributed by atoms with Gasteiger partial charge in [0, 0.05) is 50.1 Å². The number of nitrogens with one attached hydrogen (secondary N) is 1. The summed E-state index contributed by atoms with van der Waals surface area (Å²) in [4.78, 5) is 11.1. The lowest BCUT2D eigenvalue weighted by molar-refractivity contribution is 0.156. The number of hydrogen-bond acceptors (Lipinski definition) is 4. The highest BCUT2D eigenvalue weighted by molar-refractivity contribution is 7.09. The van der Waals surface area contributed by atoms with Crippen LogP contribution in [-0.2, 0) is 11.3 Å². The number of thiophene rings is 1. The van der Waals surface area contributed by atoms with Crippen LogP contribution in [0.2, 0.25) is 0 Å². The summed E-state index contributed by atoms with van der Waals surface area (Å²) in [5.74, 6) is 1.85. The Kier molecular flexibility index (Phi) is 5.81. The first-order valence-electron chi connectivity index (χ1n) is 10.0. The van der Waals surface area contributed by atoms with E-state index in [1.54, 1.807) is 0 Å². The molecule has 0 aliphatic carbocycles. The zero-order valence-electron chi connectivity index (χ0n) is 16.0. The van der Waals surface area contributed by atoms with Crippen LogP contribution in [0, 0.1) is 11.3 Å². The van der Waals surface area contributed by atoms with E-state index in [1.807, 2.05) is 18.4 Å². The number of piperidine rings is 1. The van der Waals surface area contributed by atoms with Crippen LogP contribution in [0.5, 0.6) is 0 Å². The van der Waals surface area contributed by atoms with E-state index >= 15 is 0 Å². The number of ether oxygens (including phenoxy) is 1. The first kappa shape index (κ1) is 18.3. The number of aliphatic imine (C=N–C) groups is 1. The second-order valence-electron chi connectivity index (χ2n) is 8.20. The number of nitrogens with zero attached hydrogens (tertiary/aromatic N) is 3. The Morgan fingerprint density at radius 2 is 2.23 bits per heavy atom. The summed E-state index contributed by atoms with van der Waals surface area (Å²) in [5, 5.41) is 5.84. The van der Waals surface area contributed by atoms with Crippen molar-refractivity contribution in [2.24, 2.45) is 16.3 Å². The van der Waals surface area contributed by atoms with Crippen LogP contribution >= 0.6 is 11.3 Å². The molecule has 0 saturated carbocycles. The van der Waals surface area contributed by atoms with E-state index in [1.165, 1.54) is 43.6 Å². The average molecular weight is 377 g/mol. The third kappa shape index (κ3) is 4.24. The Balaban J connectivity index is 1.20. The summed E-state index contributed by atoms with van der Waals surface area (Å²) in [7, 11) is 1.92. The average Bonchev–Trinajstić information content (AvgIpc) is 3.41. The van der Waals surface area contributed by atoms with Crippen molar-refractivity contribution in [3.63, 3.8) is 0 Å². The van der Waals surface area contributed by atoms with Crippen molar-refractivity contribution in [2.45, 2.75) is 32.2 Å². The van der Waals surface area contributed by atoms with Gasteiger partial charge in [-0.1, -0.05) is 6.07 Å². The smallest absolute Gasteiger partial charge is 0.193 e. The highest BCUT2D eigenvalue weighted by Crippen LogP contribution is 2.38. The minimum absolute atomic E-state index is 0.394. The van der Waals surface area contributed by atoms with Gasteiger partial charge in [0.2, 0.25) is 0 Å². The van der Waals surface area contributed by atoms with Crippen LogP contribution in [0.4, 0.5) is 0 Å². The predicted molar refractivity (Wildman–Crippen MR) is 108 cm³/mol. The van der Waals surface area contributed by atoms with E-state index in [-0.39, 0.29) is 0 Å². The molecule has 1 spiro atoms. The Morgan fingerprint density at radius 3 is 2.92 bits per heavy atom. The van der Waals surface area contributed by atoms with Crippen LogP contribution in [-0.4, -0.2) is 68.7 Å². The highest BCUT2D eigenvalue weighted by Gasteiger charge is 2.42. The zero-order chi connectivity index (χ0) is 17.8. The zero-order valence-corrected chi connectivity index (χ0v) is 16.8. The molecule has 3 aliphatic rings. The molecule has 4 heterocycles. The fourth-order valence-corrected chi connectivity index (χ4v) is 5.37. The van der Waals surface area contributed by atoms with Gasteiger partial charge in [-0.2, -0.15) is 0 Å². The lowest BCUT2D eigenvalue weighted by Gasteiger charge is -2.32. The Bertz CT molecular complexity index is 589. The lowest BCUT2D eigenvalue weighted by atomic mass is 9.87. The third-order valence-corrected chi connectivity index (χ3v) is 7.21. The maximum absolute atomic E-state index is 5.66. The molecule has 144 valence electrons. The molecule has 3 aliphatic heterocycles. The molecule has 1 atom stereocenters. The molecule has 1 aromatic rings. The molecule has 0 amide bonds.